The van der Waals surface area contributed by atoms with Crippen LogP contribution >= 0.6 is 0 Å². The summed E-state index contributed by atoms with van der Waals surface area (Å²) in [5.41, 5.74) is -0.631. The van der Waals surface area contributed by atoms with Gasteiger partial charge in [0, 0.05) is 26.1 Å². The first-order chi connectivity index (χ1) is 30.6. The van der Waals surface area contributed by atoms with Gasteiger partial charge in [-0.25, -0.2) is 19.9 Å². The van der Waals surface area contributed by atoms with Crippen LogP contribution in [0.5, 0.6) is 5.75 Å². The number of nitrogens with zero attached hydrogens (tertiary/aromatic N) is 3. The van der Waals surface area contributed by atoms with E-state index in [-0.39, 0.29) is 62.9 Å². The molecule has 0 radical (unpaired) electrons. The number of aromatic hydroxyl groups is 1. The molecule has 1 unspecified atom stereocenters. The maximum Gasteiger partial charge on any atom is 0.408 e. The summed E-state index contributed by atoms with van der Waals surface area (Å²) in [7, 11) is 0. The number of aliphatic imine (C=N–C) groups is 1. The Balaban J connectivity index is 1.58. The van der Waals surface area contributed by atoms with Crippen molar-refractivity contribution in [1.29, 1.82) is 0 Å². The van der Waals surface area contributed by atoms with Crippen molar-refractivity contribution in [2.24, 2.45) is 4.99 Å². The summed E-state index contributed by atoms with van der Waals surface area (Å²) < 4.78 is 10.9. The van der Waals surface area contributed by atoms with Crippen molar-refractivity contribution in [3.05, 3.63) is 29.8 Å². The molecule has 64 heavy (non-hydrogen) atoms. The fraction of sp³-hybridized carbons (Fsp3) is 0.717. The van der Waals surface area contributed by atoms with Crippen LogP contribution in [0.2, 0.25) is 0 Å². The first kappa shape index (κ1) is 53.4. The molecule has 0 aromatic heterocycles. The van der Waals surface area contributed by atoms with Gasteiger partial charge < -0.3 is 35.8 Å². The van der Waals surface area contributed by atoms with Gasteiger partial charge in [0.1, 0.15) is 36.1 Å². The van der Waals surface area contributed by atoms with Gasteiger partial charge in [-0.2, -0.15) is 0 Å². The van der Waals surface area contributed by atoms with Gasteiger partial charge in [-0.05, 0) is 77.8 Å². The molecule has 6 amide bonds. The van der Waals surface area contributed by atoms with Crippen molar-refractivity contribution in [1.82, 2.24) is 31.4 Å². The molecule has 360 valence electrons. The van der Waals surface area contributed by atoms with Crippen molar-refractivity contribution in [3.8, 4) is 5.75 Å². The van der Waals surface area contributed by atoms with E-state index < -0.39 is 66.0 Å². The number of unbranched alkanes of at least 4 members (excludes halogenated alkanes) is 13. The summed E-state index contributed by atoms with van der Waals surface area (Å²) in [6, 6.07) is 1.59. The third-order valence-corrected chi connectivity index (χ3v) is 11.1. The number of rotatable bonds is 28. The summed E-state index contributed by atoms with van der Waals surface area (Å²) in [5.74, 6) is -3.30. The van der Waals surface area contributed by atoms with Crippen LogP contribution in [0.4, 0.5) is 4.79 Å². The average Bonchev–Trinajstić information content (AvgIpc) is 3.69. The summed E-state index contributed by atoms with van der Waals surface area (Å²) in [6.45, 7) is 6.62. The van der Waals surface area contributed by atoms with Gasteiger partial charge in [0.2, 0.25) is 29.5 Å². The molecule has 0 aliphatic carbocycles. The highest BCUT2D eigenvalue weighted by Gasteiger charge is 2.34. The molecule has 2 heterocycles. The number of phenols is 1. The molecular weight excluding hydrogens is 827 g/mol. The van der Waals surface area contributed by atoms with Crippen LogP contribution in [0.15, 0.2) is 29.3 Å². The maximum atomic E-state index is 13.8. The van der Waals surface area contributed by atoms with Gasteiger partial charge in [-0.15, -0.1) is 0 Å². The van der Waals surface area contributed by atoms with Crippen LogP contribution in [0.25, 0.3) is 0 Å². The lowest BCUT2D eigenvalue weighted by Gasteiger charge is -2.26. The zero-order valence-corrected chi connectivity index (χ0v) is 38.5. The first-order valence-corrected chi connectivity index (χ1v) is 23.5. The number of hydroxylamine groups is 4. The molecule has 2 aliphatic heterocycles. The Bertz CT molecular complexity index is 1670. The van der Waals surface area contributed by atoms with Crippen molar-refractivity contribution >= 4 is 41.5 Å². The van der Waals surface area contributed by atoms with E-state index in [1.54, 1.807) is 39.0 Å². The summed E-state index contributed by atoms with van der Waals surface area (Å²) in [5, 5.41) is 42.4. The number of benzene rings is 1. The largest absolute Gasteiger partial charge is 0.507 e. The average molecular weight is 902 g/mol. The molecule has 3 rings (SSSR count). The second-order valence-corrected chi connectivity index (χ2v) is 17.8. The van der Waals surface area contributed by atoms with Crippen molar-refractivity contribution in [2.75, 3.05) is 26.2 Å². The maximum absolute atomic E-state index is 13.8. The highest BCUT2D eigenvalue weighted by atomic mass is 16.6. The molecule has 18 nitrogen and oxygen atoms in total. The minimum atomic E-state index is -1.43. The number of amides is 6. The van der Waals surface area contributed by atoms with E-state index in [4.69, 9.17) is 9.47 Å². The van der Waals surface area contributed by atoms with E-state index in [2.05, 4.69) is 33.2 Å². The molecule has 1 aromatic rings. The number of hydrogen-bond donors (Lipinski definition) is 7. The Kier molecular flexibility index (Phi) is 24.0. The highest BCUT2D eigenvalue weighted by molar-refractivity contribution is 6.01. The van der Waals surface area contributed by atoms with Gasteiger partial charge in [0.25, 0.3) is 5.91 Å². The zero-order valence-electron chi connectivity index (χ0n) is 38.5. The number of phenolic OH excluding ortho intramolecular Hbond substituents is 1. The number of hydrogen-bond acceptors (Lipinski definition) is 12. The third kappa shape index (κ3) is 20.2. The molecule has 2 aliphatic rings. The number of carbonyl (C=O) groups excluding carboxylic acids is 6. The van der Waals surface area contributed by atoms with Crippen LogP contribution in [-0.4, -0.2) is 123 Å². The molecule has 1 aromatic carbocycles. The summed E-state index contributed by atoms with van der Waals surface area (Å²) >= 11 is 0. The molecular formula is C46H75N7O11. The van der Waals surface area contributed by atoms with Gasteiger partial charge in [-0.1, -0.05) is 96.1 Å². The standard InChI is InChI=1S/C46H75N7O11/c1-5-6-7-8-9-10-11-12-13-14-15-16-17-28-39(55)52(61)29-22-20-25-34(48-42(58)37-32-63-43(50-37)33-24-18-19-27-38(33)54)40(56)47-31-36(51-45(60)64-46(2,3)4)41(57)49-35-26-21-23-30-53(62)44(35)59/h18-19,24,27,34-37,54,61-62H,5-17,20-23,25-26,28-32H2,1-4H3,(H,47,56)(H,48,58)(H,49,57)(H,51,60)/t34-,35-,36-,37?/m0/s1. The predicted molar refractivity (Wildman–Crippen MR) is 239 cm³/mol. The second-order valence-electron chi connectivity index (χ2n) is 17.8. The van der Waals surface area contributed by atoms with Crippen molar-refractivity contribution < 1.29 is 53.8 Å². The smallest absolute Gasteiger partial charge is 0.408 e. The lowest BCUT2D eigenvalue weighted by atomic mass is 10.0. The number of para-hydroxylation sites is 1. The molecule has 7 N–H and O–H groups in total. The molecule has 0 bridgehead atoms. The molecule has 1 fully saturated rings. The van der Waals surface area contributed by atoms with Gasteiger partial charge in [0.05, 0.1) is 5.56 Å². The van der Waals surface area contributed by atoms with Gasteiger partial charge in [0.15, 0.2) is 6.04 Å². The predicted octanol–water partition coefficient (Wildman–Crippen LogP) is 5.79. The fourth-order valence-electron chi connectivity index (χ4n) is 7.42. The van der Waals surface area contributed by atoms with E-state index in [9.17, 15) is 44.3 Å². The highest BCUT2D eigenvalue weighted by Crippen LogP contribution is 2.21. The Hall–Kier alpha value is -4.97. The van der Waals surface area contributed by atoms with Crippen molar-refractivity contribution in [2.45, 2.75) is 186 Å². The normalized spacial score (nSPS) is 17.3. The van der Waals surface area contributed by atoms with E-state index in [0.29, 0.717) is 41.4 Å². The lowest BCUT2D eigenvalue weighted by molar-refractivity contribution is -0.167. The number of alkyl carbamates (subject to hydrolysis) is 1. The van der Waals surface area contributed by atoms with E-state index in [1.807, 2.05) is 0 Å². The van der Waals surface area contributed by atoms with E-state index in [0.717, 1.165) is 19.3 Å². The summed E-state index contributed by atoms with van der Waals surface area (Å²) in [4.78, 5) is 83.4. The van der Waals surface area contributed by atoms with Crippen LogP contribution in [-0.2, 0) is 33.4 Å². The fourth-order valence-corrected chi connectivity index (χ4v) is 7.42. The third-order valence-electron chi connectivity index (χ3n) is 11.1. The molecule has 4 atom stereocenters. The van der Waals surface area contributed by atoms with Crippen LogP contribution in [0.1, 0.15) is 162 Å². The number of carbonyl (C=O) groups is 6. The second kappa shape index (κ2) is 28.7. The molecule has 0 saturated carbocycles. The Morgan fingerprint density at radius 3 is 2.16 bits per heavy atom. The van der Waals surface area contributed by atoms with Crippen LogP contribution in [0.3, 0.4) is 0 Å². The Labute approximate surface area is 378 Å². The molecule has 0 spiro atoms. The first-order valence-electron chi connectivity index (χ1n) is 23.5. The quantitative estimate of drug-likeness (QED) is 0.0301. The Morgan fingerprint density at radius 2 is 1.52 bits per heavy atom. The monoisotopic (exact) mass is 902 g/mol. The number of nitrogens with one attached hydrogen (secondary N) is 4. The SMILES string of the molecule is CCCCCCCCCCCCCCCC(=O)N(O)CCCC[C@H](NC(=O)C1COC(c2ccccc2O)=N1)C(=O)NC[C@H](NC(=O)OC(C)(C)C)C(=O)N[C@H]1CCCCN(O)C1=O. The minimum absolute atomic E-state index is 0.0114. The lowest BCUT2D eigenvalue weighted by Crippen LogP contribution is -2.58. The zero-order chi connectivity index (χ0) is 46.9. The summed E-state index contributed by atoms with van der Waals surface area (Å²) in [6.07, 6.45) is 16.6. The van der Waals surface area contributed by atoms with Crippen molar-refractivity contribution in [3.63, 3.8) is 0 Å². The molecule has 18 heteroatoms. The minimum Gasteiger partial charge on any atom is -0.507 e. The van der Waals surface area contributed by atoms with Crippen LogP contribution in [0, 0.1) is 0 Å². The van der Waals surface area contributed by atoms with Gasteiger partial charge in [-0.3, -0.25) is 34.4 Å². The van der Waals surface area contributed by atoms with E-state index in [1.165, 1.54) is 63.9 Å². The van der Waals surface area contributed by atoms with Gasteiger partial charge >= 0.3 is 6.09 Å². The van der Waals surface area contributed by atoms with E-state index >= 15 is 0 Å². The Morgan fingerprint density at radius 1 is 0.875 bits per heavy atom. The number of ether oxygens (including phenoxy) is 2. The topological polar surface area (TPSA) is 249 Å². The van der Waals surface area contributed by atoms with Crippen LogP contribution < -0.4 is 21.3 Å². The molecule has 1 saturated heterocycles.